The maximum Gasteiger partial charge on any atom is 0.245 e. The number of methoxy groups -OCH3 is 2. The van der Waals surface area contributed by atoms with Crippen LogP contribution in [0, 0.1) is 29.6 Å². The van der Waals surface area contributed by atoms with Crippen LogP contribution >= 0.6 is 0 Å². The molecular weight excluding hydrogens is 636 g/mol. The number of hydrogen-bond acceptors (Lipinski definition) is 7. The van der Waals surface area contributed by atoms with Crippen molar-refractivity contribution in [3.05, 3.63) is 35.9 Å². The summed E-state index contributed by atoms with van der Waals surface area (Å²) in [6.07, 6.45) is 0.196. The third-order valence-corrected chi connectivity index (χ3v) is 10.9. The predicted molar refractivity (Wildman–Crippen MR) is 196 cm³/mol. The van der Waals surface area contributed by atoms with Gasteiger partial charge in [-0.3, -0.25) is 19.2 Å². The number of nitrogens with one attached hydrogen (secondary N) is 2. The van der Waals surface area contributed by atoms with E-state index in [0.717, 1.165) is 12.8 Å². The van der Waals surface area contributed by atoms with Gasteiger partial charge in [-0.1, -0.05) is 92.1 Å². The summed E-state index contributed by atoms with van der Waals surface area (Å²) in [6.45, 7) is 17.8. The lowest BCUT2D eigenvalue weighted by Gasteiger charge is -2.41. The van der Waals surface area contributed by atoms with Crippen LogP contribution in [0.4, 0.5) is 0 Å². The molecule has 1 aliphatic heterocycles. The van der Waals surface area contributed by atoms with E-state index in [9.17, 15) is 24.3 Å². The molecule has 1 fully saturated rings. The van der Waals surface area contributed by atoms with E-state index >= 15 is 0 Å². The lowest BCUT2D eigenvalue weighted by atomic mass is 9.89. The monoisotopic (exact) mass is 702 g/mol. The van der Waals surface area contributed by atoms with Gasteiger partial charge in [-0.25, -0.2) is 0 Å². The summed E-state index contributed by atoms with van der Waals surface area (Å²) >= 11 is 0. The number of nitrogens with zero attached hydrogens (tertiary/aromatic N) is 2. The molecule has 50 heavy (non-hydrogen) atoms. The van der Waals surface area contributed by atoms with Crippen molar-refractivity contribution in [3.8, 4) is 0 Å². The second-order valence-electron chi connectivity index (χ2n) is 15.0. The first kappa shape index (κ1) is 43.1. The Labute approximate surface area is 301 Å². The normalized spacial score (nSPS) is 20.3. The Bertz CT molecular complexity index is 1230. The fourth-order valence-corrected chi connectivity index (χ4v) is 7.00. The van der Waals surface area contributed by atoms with Gasteiger partial charge < -0.3 is 35.0 Å². The highest BCUT2D eigenvalue weighted by Crippen LogP contribution is 2.30. The molecule has 3 N–H and O–H groups in total. The van der Waals surface area contributed by atoms with Gasteiger partial charge in [-0.15, -0.1) is 0 Å². The number of carbonyl (C=O) groups excluding carboxylic acids is 4. The van der Waals surface area contributed by atoms with Crippen molar-refractivity contribution in [2.45, 2.75) is 130 Å². The van der Waals surface area contributed by atoms with Crippen molar-refractivity contribution in [3.63, 3.8) is 0 Å². The molecule has 4 amide bonds. The zero-order valence-electron chi connectivity index (χ0n) is 32.6. The number of aliphatic hydroxyl groups excluding tert-OH is 1. The molecule has 1 aromatic carbocycles. The molecule has 1 heterocycles. The van der Waals surface area contributed by atoms with Crippen molar-refractivity contribution in [1.82, 2.24) is 20.4 Å². The minimum atomic E-state index is -0.872. The summed E-state index contributed by atoms with van der Waals surface area (Å²) in [5, 5.41) is 16.7. The minimum absolute atomic E-state index is 0.00200. The van der Waals surface area contributed by atoms with Crippen molar-refractivity contribution >= 4 is 23.6 Å². The first-order chi connectivity index (χ1) is 23.5. The number of aliphatic hydroxyl groups is 1. The fourth-order valence-electron chi connectivity index (χ4n) is 7.00. The third kappa shape index (κ3) is 11.0. The van der Waals surface area contributed by atoms with Gasteiger partial charge in [0, 0.05) is 33.7 Å². The molecule has 11 nitrogen and oxygen atoms in total. The molecule has 11 heteroatoms. The van der Waals surface area contributed by atoms with E-state index in [-0.39, 0.29) is 59.8 Å². The number of carbonyl (C=O) groups is 4. The topological polar surface area (TPSA) is 138 Å². The second-order valence-corrected chi connectivity index (χ2v) is 15.0. The van der Waals surface area contributed by atoms with Crippen LogP contribution in [0.2, 0.25) is 0 Å². The number of hydrogen-bond donors (Lipinski definition) is 3. The summed E-state index contributed by atoms with van der Waals surface area (Å²) in [6, 6.07) is 7.18. The lowest BCUT2D eigenvalue weighted by Crippen LogP contribution is -2.58. The molecule has 2 rings (SSSR count). The highest BCUT2D eigenvalue weighted by Gasteiger charge is 2.43. The van der Waals surface area contributed by atoms with Crippen LogP contribution in [0.3, 0.4) is 0 Å². The molecule has 1 saturated heterocycles. The number of benzene rings is 1. The number of amides is 4. The van der Waals surface area contributed by atoms with Gasteiger partial charge in [0.2, 0.25) is 23.6 Å². The van der Waals surface area contributed by atoms with Gasteiger partial charge in [0.15, 0.2) is 0 Å². The summed E-state index contributed by atoms with van der Waals surface area (Å²) in [4.78, 5) is 58.0. The molecule has 0 aromatic heterocycles. The first-order valence-electron chi connectivity index (χ1n) is 18.5. The summed E-state index contributed by atoms with van der Waals surface area (Å²) in [5.74, 6) is -1.62. The quantitative estimate of drug-likeness (QED) is 0.192. The van der Waals surface area contributed by atoms with E-state index in [2.05, 4.69) is 10.6 Å². The Balaban J connectivity index is 2.23. The second kappa shape index (κ2) is 20.1. The molecule has 0 saturated carbocycles. The average molecular weight is 703 g/mol. The average Bonchev–Trinajstić information content (AvgIpc) is 3.58. The molecule has 10 atom stereocenters. The van der Waals surface area contributed by atoms with Gasteiger partial charge in [0.05, 0.1) is 48.8 Å². The Kier molecular flexibility index (Phi) is 17.4. The van der Waals surface area contributed by atoms with Gasteiger partial charge in [0.1, 0.15) is 6.04 Å². The largest absolute Gasteiger partial charge is 0.386 e. The third-order valence-electron chi connectivity index (χ3n) is 10.9. The molecule has 284 valence electrons. The van der Waals surface area contributed by atoms with Crippen LogP contribution in [-0.2, 0) is 28.7 Å². The van der Waals surface area contributed by atoms with Gasteiger partial charge in [0.25, 0.3) is 0 Å². The SMILES string of the molecule is CC[C@H](C)[C@@H]([C@@H](CC(=O)N1CCC[C@H]1[C@H](OC)[C@@H](C)C(=O)N[C@H](C)[C@@H](O)c1ccccc1)OC)N(C)C(=O)[C@H](NC(=O)[C@@H](C)C(C)C)C(C)C. The molecule has 0 spiro atoms. The molecule has 1 aliphatic rings. The van der Waals surface area contributed by atoms with Gasteiger partial charge in [-0.05, 0) is 43.1 Å². The molecular formula is C39H66N4O7. The molecule has 0 bridgehead atoms. The van der Waals surface area contributed by atoms with E-state index < -0.39 is 42.4 Å². The Morgan fingerprint density at radius 3 is 2.02 bits per heavy atom. The summed E-state index contributed by atoms with van der Waals surface area (Å²) in [5.41, 5.74) is 0.713. The number of likely N-dealkylation sites (tertiary alicyclic amines) is 1. The minimum Gasteiger partial charge on any atom is -0.386 e. The van der Waals surface area contributed by atoms with E-state index in [1.807, 2.05) is 78.8 Å². The standard InChI is InChI=1S/C39H66N4O7/c1-13-25(6)34(42(10)39(48)33(24(4)5)41-37(46)26(7)23(2)3)31(49-11)22-32(44)43-21-17-20-30(43)36(50-12)27(8)38(47)40-28(9)35(45)29-18-15-14-16-19-29/h14-16,18-19,23-28,30-31,33-36,45H,13,17,20-22H2,1-12H3,(H,40,47)(H,41,46)/t25-,26-,27+,28+,30-,31+,33+,34-,35+,36+/m0/s1. The Hall–Kier alpha value is -3.02. The highest BCUT2D eigenvalue weighted by molar-refractivity contribution is 5.89. The van der Waals surface area contributed by atoms with Crippen LogP contribution in [0.5, 0.6) is 0 Å². The summed E-state index contributed by atoms with van der Waals surface area (Å²) < 4.78 is 11.9. The number of rotatable bonds is 19. The first-order valence-corrected chi connectivity index (χ1v) is 18.5. The highest BCUT2D eigenvalue weighted by atomic mass is 16.5. The fraction of sp³-hybridized carbons (Fsp3) is 0.744. The zero-order valence-corrected chi connectivity index (χ0v) is 32.6. The van der Waals surface area contributed by atoms with Crippen LogP contribution in [-0.4, -0.2) is 103 Å². The van der Waals surface area contributed by atoms with Gasteiger partial charge >= 0.3 is 0 Å². The maximum atomic E-state index is 14.1. The van der Waals surface area contributed by atoms with Crippen LogP contribution < -0.4 is 10.6 Å². The zero-order chi connectivity index (χ0) is 37.9. The van der Waals surface area contributed by atoms with Crippen molar-refractivity contribution in [1.29, 1.82) is 0 Å². The van der Waals surface area contributed by atoms with Crippen LogP contribution in [0.25, 0.3) is 0 Å². The van der Waals surface area contributed by atoms with E-state index in [0.29, 0.717) is 18.5 Å². The van der Waals surface area contributed by atoms with Gasteiger partial charge in [-0.2, -0.15) is 0 Å². The van der Waals surface area contributed by atoms with Crippen LogP contribution in [0.15, 0.2) is 30.3 Å². The molecule has 1 aromatic rings. The van der Waals surface area contributed by atoms with Crippen molar-refractivity contribution < 1.29 is 33.8 Å². The number of likely N-dealkylation sites (N-methyl/N-ethyl adjacent to an activating group) is 1. The molecule has 0 radical (unpaired) electrons. The maximum absolute atomic E-state index is 14.1. The number of ether oxygens (including phenoxy) is 2. The van der Waals surface area contributed by atoms with E-state index in [1.54, 1.807) is 44.9 Å². The Morgan fingerprint density at radius 2 is 1.50 bits per heavy atom. The predicted octanol–water partition coefficient (Wildman–Crippen LogP) is 4.58. The molecule has 0 aliphatic carbocycles. The van der Waals surface area contributed by atoms with Crippen molar-refractivity contribution in [2.75, 3.05) is 27.8 Å². The molecule has 0 unspecified atom stereocenters. The van der Waals surface area contributed by atoms with Crippen LogP contribution in [0.1, 0.15) is 99.7 Å². The lowest BCUT2D eigenvalue weighted by molar-refractivity contribution is -0.148. The van der Waals surface area contributed by atoms with E-state index in [1.165, 1.54) is 0 Å². The van der Waals surface area contributed by atoms with E-state index in [4.69, 9.17) is 9.47 Å². The smallest absolute Gasteiger partial charge is 0.245 e. The van der Waals surface area contributed by atoms with Crippen molar-refractivity contribution in [2.24, 2.45) is 29.6 Å². The summed E-state index contributed by atoms with van der Waals surface area (Å²) in [7, 11) is 4.86. The Morgan fingerprint density at radius 1 is 0.900 bits per heavy atom.